The maximum absolute atomic E-state index is 12.3. The Labute approximate surface area is 140 Å². The van der Waals surface area contributed by atoms with Crippen LogP contribution in [0.25, 0.3) is 0 Å². The van der Waals surface area contributed by atoms with E-state index in [1.807, 2.05) is 24.3 Å². The van der Waals surface area contributed by atoms with Gasteiger partial charge in [0, 0.05) is 11.8 Å². The van der Waals surface area contributed by atoms with Crippen molar-refractivity contribution in [3.63, 3.8) is 0 Å². The molecule has 1 amide bonds. The van der Waals surface area contributed by atoms with Gasteiger partial charge in [0.25, 0.3) is 0 Å². The molecule has 1 fully saturated rings. The van der Waals surface area contributed by atoms with Gasteiger partial charge in [-0.3, -0.25) is 4.79 Å². The summed E-state index contributed by atoms with van der Waals surface area (Å²) in [6.45, 7) is 11.2. The van der Waals surface area contributed by atoms with Crippen LogP contribution in [-0.4, -0.2) is 20.3 Å². The first kappa shape index (κ1) is 18.0. The monoisotopic (exact) mass is 334 g/mol. The van der Waals surface area contributed by atoms with Crippen LogP contribution in [0, 0.1) is 0 Å². The van der Waals surface area contributed by atoms with E-state index in [0.717, 1.165) is 18.4 Å². The number of hydrogen-bond acceptors (Lipinski definition) is 3. The highest BCUT2D eigenvalue weighted by atomic mass is 28.4. The molecule has 2 rings (SSSR count). The molecule has 1 aliphatic rings. The second-order valence-electron chi connectivity index (χ2n) is 8.31. The van der Waals surface area contributed by atoms with Crippen molar-refractivity contribution in [1.82, 2.24) is 0 Å². The molecule has 0 saturated heterocycles. The number of benzene rings is 1. The summed E-state index contributed by atoms with van der Waals surface area (Å²) >= 11 is 0. The lowest BCUT2D eigenvalue weighted by molar-refractivity contribution is -0.123. The summed E-state index contributed by atoms with van der Waals surface area (Å²) in [6, 6.07) is 7.52. The molecular formula is C18H30N2O2Si. The highest BCUT2D eigenvalue weighted by Crippen LogP contribution is 2.46. The minimum absolute atomic E-state index is 0.0981. The van der Waals surface area contributed by atoms with Crippen LogP contribution in [0.2, 0.25) is 18.1 Å². The number of carbonyl (C=O) groups excluding carboxylic acids is 1. The van der Waals surface area contributed by atoms with E-state index in [4.69, 9.17) is 15.9 Å². The van der Waals surface area contributed by atoms with Crippen LogP contribution in [0.1, 0.15) is 45.6 Å². The van der Waals surface area contributed by atoms with Crippen molar-refractivity contribution in [3.8, 4) is 0 Å². The van der Waals surface area contributed by atoms with Crippen molar-refractivity contribution in [1.29, 1.82) is 0 Å². The fourth-order valence-electron chi connectivity index (χ4n) is 3.12. The molecular weight excluding hydrogens is 304 g/mol. The highest BCUT2D eigenvalue weighted by molar-refractivity contribution is 6.74. The van der Waals surface area contributed by atoms with Gasteiger partial charge in [-0.15, -0.1) is 0 Å². The van der Waals surface area contributed by atoms with E-state index < -0.39 is 13.7 Å². The maximum Gasteiger partial charge on any atom is 0.228 e. The third kappa shape index (κ3) is 3.45. The van der Waals surface area contributed by atoms with Gasteiger partial charge < -0.3 is 15.9 Å². The molecule has 5 heteroatoms. The molecule has 128 valence electrons. The number of carbonyl (C=O) groups is 1. The van der Waals surface area contributed by atoms with E-state index in [-0.39, 0.29) is 17.0 Å². The first-order valence-electron chi connectivity index (χ1n) is 8.32. The Kier molecular flexibility index (Phi) is 4.66. The number of anilines is 1. The number of nitrogen functional groups attached to an aromatic ring is 1. The van der Waals surface area contributed by atoms with Gasteiger partial charge in [0.2, 0.25) is 5.91 Å². The van der Waals surface area contributed by atoms with Crippen LogP contribution >= 0.6 is 0 Å². The van der Waals surface area contributed by atoms with E-state index >= 15 is 0 Å². The zero-order valence-electron chi connectivity index (χ0n) is 15.0. The zero-order valence-corrected chi connectivity index (χ0v) is 16.0. The molecule has 4 N–H and O–H groups in total. The first-order chi connectivity index (χ1) is 10.5. The van der Waals surface area contributed by atoms with E-state index in [9.17, 15) is 4.79 Å². The van der Waals surface area contributed by atoms with Crippen molar-refractivity contribution in [3.05, 3.63) is 29.8 Å². The van der Waals surface area contributed by atoms with E-state index in [2.05, 4.69) is 33.9 Å². The minimum atomic E-state index is -1.85. The lowest BCUT2D eigenvalue weighted by atomic mass is 9.78. The predicted octanol–water partition coefficient (Wildman–Crippen LogP) is 3.57. The normalized spacial score (nSPS) is 25.5. The van der Waals surface area contributed by atoms with Crippen LogP contribution in [0.3, 0.4) is 0 Å². The van der Waals surface area contributed by atoms with Gasteiger partial charge in [-0.05, 0) is 55.1 Å². The Hall–Kier alpha value is -1.33. The molecule has 1 saturated carbocycles. The van der Waals surface area contributed by atoms with Gasteiger partial charge in [-0.2, -0.15) is 0 Å². The Balaban J connectivity index is 2.23. The number of rotatable bonds is 4. The van der Waals surface area contributed by atoms with Crippen LogP contribution in [0.15, 0.2) is 24.3 Å². The van der Waals surface area contributed by atoms with Crippen LogP contribution in [-0.2, 0) is 14.6 Å². The molecule has 0 aromatic heterocycles. The molecule has 0 unspecified atom stereocenters. The first-order valence-corrected chi connectivity index (χ1v) is 11.2. The van der Waals surface area contributed by atoms with Crippen LogP contribution in [0.4, 0.5) is 5.69 Å². The third-order valence-electron chi connectivity index (χ3n) is 5.67. The summed E-state index contributed by atoms with van der Waals surface area (Å²) in [5, 5.41) is 0.159. The summed E-state index contributed by atoms with van der Waals surface area (Å²) in [5.74, 6) is -0.261. The smallest absolute Gasteiger partial charge is 0.228 e. The fraction of sp³-hybridized carbons (Fsp3) is 0.611. The SMILES string of the molecule is CC(C)(C)[Si](C)(C)O[C@@H]1CC[C@@](C(N)=O)(c2ccc(N)cc2)C1. The molecule has 23 heavy (non-hydrogen) atoms. The standard InChI is InChI=1S/C18H30N2O2Si/c1-17(2,3)23(4,5)22-15-10-11-18(12-15,16(20)21)13-6-8-14(19)9-7-13/h6-9,15H,10-12,19H2,1-5H3,(H2,20,21)/t15-,18+/m1/s1. The maximum atomic E-state index is 12.3. The van der Waals surface area contributed by atoms with Crippen molar-refractivity contribution in [2.24, 2.45) is 5.73 Å². The molecule has 0 spiro atoms. The van der Waals surface area contributed by atoms with Gasteiger partial charge in [0.15, 0.2) is 8.32 Å². The van der Waals surface area contributed by atoms with E-state index in [1.165, 1.54) is 0 Å². The number of primary amides is 1. The second kappa shape index (κ2) is 5.95. The summed E-state index contributed by atoms with van der Waals surface area (Å²) < 4.78 is 6.52. The highest BCUT2D eigenvalue weighted by Gasteiger charge is 2.48. The summed E-state index contributed by atoms with van der Waals surface area (Å²) in [4.78, 5) is 12.3. The Morgan fingerprint density at radius 1 is 1.26 bits per heavy atom. The Morgan fingerprint density at radius 3 is 2.30 bits per heavy atom. The van der Waals surface area contributed by atoms with Gasteiger partial charge in [0.1, 0.15) is 0 Å². The van der Waals surface area contributed by atoms with E-state index in [1.54, 1.807) is 0 Å². The van der Waals surface area contributed by atoms with Crippen LogP contribution in [0.5, 0.6) is 0 Å². The minimum Gasteiger partial charge on any atom is -0.414 e. The van der Waals surface area contributed by atoms with Gasteiger partial charge >= 0.3 is 0 Å². The molecule has 0 bridgehead atoms. The summed E-state index contributed by atoms with van der Waals surface area (Å²) in [6.07, 6.45) is 2.38. The molecule has 0 heterocycles. The van der Waals surface area contributed by atoms with Crippen molar-refractivity contribution >= 4 is 19.9 Å². The van der Waals surface area contributed by atoms with Crippen molar-refractivity contribution in [2.75, 3.05) is 5.73 Å². The average Bonchev–Trinajstić information content (AvgIpc) is 2.82. The fourth-order valence-corrected chi connectivity index (χ4v) is 4.51. The average molecular weight is 335 g/mol. The molecule has 1 aromatic carbocycles. The van der Waals surface area contributed by atoms with Gasteiger partial charge in [-0.25, -0.2) is 0 Å². The molecule has 0 aliphatic heterocycles. The molecule has 4 nitrogen and oxygen atoms in total. The van der Waals surface area contributed by atoms with E-state index in [0.29, 0.717) is 12.1 Å². The summed E-state index contributed by atoms with van der Waals surface area (Å²) in [7, 11) is -1.85. The lowest BCUT2D eigenvalue weighted by Crippen LogP contribution is -2.45. The second-order valence-corrected chi connectivity index (χ2v) is 13.1. The zero-order chi connectivity index (χ0) is 17.5. The van der Waals surface area contributed by atoms with Crippen molar-refractivity contribution in [2.45, 2.75) is 69.7 Å². The van der Waals surface area contributed by atoms with Crippen LogP contribution < -0.4 is 11.5 Å². The largest absolute Gasteiger partial charge is 0.414 e. The Bertz CT molecular complexity index is 578. The summed E-state index contributed by atoms with van der Waals surface area (Å²) in [5.41, 5.74) is 12.6. The molecule has 1 aromatic rings. The molecule has 0 radical (unpaired) electrons. The predicted molar refractivity (Wildman–Crippen MR) is 97.6 cm³/mol. The van der Waals surface area contributed by atoms with Gasteiger partial charge in [0.05, 0.1) is 5.41 Å². The third-order valence-corrected chi connectivity index (χ3v) is 10.2. The Morgan fingerprint density at radius 2 is 1.83 bits per heavy atom. The quantitative estimate of drug-likeness (QED) is 0.652. The molecule has 2 atom stereocenters. The number of amides is 1. The number of hydrogen-bond donors (Lipinski definition) is 2. The topological polar surface area (TPSA) is 78.3 Å². The van der Waals surface area contributed by atoms with Gasteiger partial charge in [-0.1, -0.05) is 32.9 Å². The molecule has 1 aliphatic carbocycles. The lowest BCUT2D eigenvalue weighted by Gasteiger charge is -2.39. The van der Waals surface area contributed by atoms with Crippen molar-refractivity contribution < 1.29 is 9.22 Å². The number of nitrogens with two attached hydrogens (primary N) is 2.